The molecule has 1 aliphatic rings. The second kappa shape index (κ2) is 8.50. The summed E-state index contributed by atoms with van der Waals surface area (Å²) >= 11 is 0. The number of nitrogens with one attached hydrogen (secondary N) is 1. The first-order valence-electron chi connectivity index (χ1n) is 9.41. The van der Waals surface area contributed by atoms with E-state index in [1.807, 2.05) is 6.92 Å². The highest BCUT2D eigenvalue weighted by Crippen LogP contribution is 2.30. The molecule has 2 aromatic rings. The number of carbonyl (C=O) groups excluding carboxylic acids is 2. The molecule has 1 saturated heterocycles. The van der Waals surface area contributed by atoms with E-state index in [1.54, 1.807) is 29.2 Å². The largest absolute Gasteiger partial charge is 0.351 e. The highest BCUT2D eigenvalue weighted by atomic mass is 19.1. The molecule has 6 heteroatoms. The molecule has 1 fully saturated rings. The zero-order valence-corrected chi connectivity index (χ0v) is 15.9. The predicted molar refractivity (Wildman–Crippen MR) is 102 cm³/mol. The second-order valence-electron chi connectivity index (χ2n) is 7.60. The van der Waals surface area contributed by atoms with Crippen LogP contribution in [0.3, 0.4) is 0 Å². The maximum absolute atomic E-state index is 13.3. The Balaban J connectivity index is 1.59. The van der Waals surface area contributed by atoms with Crippen molar-refractivity contribution in [1.82, 2.24) is 10.2 Å². The quantitative estimate of drug-likeness (QED) is 0.856. The number of hydrogen-bond acceptors (Lipinski definition) is 2. The number of carbonyl (C=O) groups is 2. The van der Waals surface area contributed by atoms with Crippen LogP contribution in [0.1, 0.15) is 30.9 Å². The van der Waals surface area contributed by atoms with Crippen LogP contribution in [0.2, 0.25) is 0 Å². The molecule has 4 nitrogen and oxygen atoms in total. The van der Waals surface area contributed by atoms with Gasteiger partial charge in [-0.2, -0.15) is 0 Å². The smallest absolute Gasteiger partial charge is 0.227 e. The number of piperidine rings is 1. The Bertz CT molecular complexity index is 854. The third-order valence-electron chi connectivity index (χ3n) is 5.21. The van der Waals surface area contributed by atoms with Crippen molar-refractivity contribution in [2.24, 2.45) is 5.41 Å². The van der Waals surface area contributed by atoms with Gasteiger partial charge in [-0.25, -0.2) is 8.78 Å². The minimum atomic E-state index is -0.690. The van der Waals surface area contributed by atoms with Crippen molar-refractivity contribution in [3.05, 3.63) is 71.3 Å². The van der Waals surface area contributed by atoms with Gasteiger partial charge >= 0.3 is 0 Å². The van der Waals surface area contributed by atoms with Crippen molar-refractivity contribution < 1.29 is 18.4 Å². The molecule has 0 aromatic heterocycles. The molecular formula is C22H24F2N2O2. The topological polar surface area (TPSA) is 49.4 Å². The fraction of sp³-hybridized carbons (Fsp3) is 0.364. The lowest BCUT2D eigenvalue weighted by Gasteiger charge is -2.39. The van der Waals surface area contributed by atoms with E-state index in [2.05, 4.69) is 5.32 Å². The lowest BCUT2D eigenvalue weighted by Crippen LogP contribution is -2.52. The number of hydrogen-bond donors (Lipinski definition) is 1. The van der Waals surface area contributed by atoms with Gasteiger partial charge in [0, 0.05) is 19.6 Å². The van der Waals surface area contributed by atoms with Gasteiger partial charge in [0.2, 0.25) is 11.8 Å². The maximum Gasteiger partial charge on any atom is 0.227 e. The molecule has 0 bridgehead atoms. The number of nitrogens with zero attached hydrogens (tertiary/aromatic N) is 1. The Morgan fingerprint density at radius 1 is 1.07 bits per heavy atom. The normalized spacial score (nSPS) is 19.3. The Kier molecular flexibility index (Phi) is 6.07. The summed E-state index contributed by atoms with van der Waals surface area (Å²) in [4.78, 5) is 27.1. The molecule has 1 aliphatic heterocycles. The van der Waals surface area contributed by atoms with Gasteiger partial charge < -0.3 is 10.2 Å². The van der Waals surface area contributed by atoms with Crippen LogP contribution in [0.15, 0.2) is 48.5 Å². The molecule has 1 N–H and O–H groups in total. The van der Waals surface area contributed by atoms with Gasteiger partial charge in [0.15, 0.2) is 0 Å². The molecule has 0 radical (unpaired) electrons. The number of halogens is 2. The van der Waals surface area contributed by atoms with Crippen LogP contribution in [0.25, 0.3) is 0 Å². The fourth-order valence-corrected chi connectivity index (χ4v) is 3.57. The fourth-order valence-electron chi connectivity index (χ4n) is 3.57. The zero-order valence-electron chi connectivity index (χ0n) is 15.9. The predicted octanol–water partition coefficient (Wildman–Crippen LogP) is 3.45. The highest BCUT2D eigenvalue weighted by Gasteiger charge is 2.39. The first kappa shape index (κ1) is 20.0. The van der Waals surface area contributed by atoms with Gasteiger partial charge in [-0.05, 0) is 55.2 Å². The number of likely N-dealkylation sites (tertiary alicyclic amines) is 1. The van der Waals surface area contributed by atoms with E-state index in [0.717, 1.165) is 12.0 Å². The van der Waals surface area contributed by atoms with Crippen LogP contribution in [-0.2, 0) is 22.6 Å². The summed E-state index contributed by atoms with van der Waals surface area (Å²) in [6.45, 7) is 3.04. The summed E-state index contributed by atoms with van der Waals surface area (Å²) in [5.41, 5.74) is 0.746. The molecule has 0 unspecified atom stereocenters. The van der Waals surface area contributed by atoms with E-state index < -0.39 is 5.41 Å². The van der Waals surface area contributed by atoms with E-state index in [4.69, 9.17) is 0 Å². The van der Waals surface area contributed by atoms with Gasteiger partial charge in [0.25, 0.3) is 0 Å². The molecule has 0 spiro atoms. The molecule has 1 atom stereocenters. The van der Waals surface area contributed by atoms with Crippen LogP contribution in [0, 0.1) is 17.0 Å². The average molecular weight is 386 g/mol. The van der Waals surface area contributed by atoms with Gasteiger partial charge in [0.1, 0.15) is 11.6 Å². The summed E-state index contributed by atoms with van der Waals surface area (Å²) in [7, 11) is 0. The summed E-state index contributed by atoms with van der Waals surface area (Å²) < 4.78 is 26.3. The van der Waals surface area contributed by atoms with Crippen molar-refractivity contribution >= 4 is 11.8 Å². The molecule has 0 aliphatic carbocycles. The van der Waals surface area contributed by atoms with Gasteiger partial charge in [-0.15, -0.1) is 0 Å². The Hall–Kier alpha value is -2.76. The molecule has 148 valence electrons. The van der Waals surface area contributed by atoms with E-state index in [-0.39, 0.29) is 36.4 Å². The lowest BCUT2D eigenvalue weighted by atomic mass is 9.80. The standard InChI is InChI=1S/C22H24F2N2O2/c1-22(21(28)25-14-17-4-2-5-19(24)12-17)10-3-11-26(15-22)20(27)13-16-6-8-18(23)9-7-16/h2,4-9,12H,3,10-11,13-15H2,1H3,(H,25,28)/t22-/m1/s1. The summed E-state index contributed by atoms with van der Waals surface area (Å²) in [6.07, 6.45) is 1.60. The van der Waals surface area contributed by atoms with Crippen LogP contribution in [0.5, 0.6) is 0 Å². The highest BCUT2D eigenvalue weighted by molar-refractivity contribution is 5.84. The van der Waals surface area contributed by atoms with Crippen LogP contribution in [-0.4, -0.2) is 29.8 Å². The molecule has 1 heterocycles. The summed E-state index contributed by atoms with van der Waals surface area (Å²) in [6, 6.07) is 12.0. The van der Waals surface area contributed by atoms with E-state index in [1.165, 1.54) is 24.3 Å². The molecule has 2 amide bonds. The van der Waals surface area contributed by atoms with E-state index in [9.17, 15) is 18.4 Å². The summed E-state index contributed by atoms with van der Waals surface area (Å²) in [5.74, 6) is -0.892. The van der Waals surface area contributed by atoms with Crippen molar-refractivity contribution in [3.63, 3.8) is 0 Å². The van der Waals surface area contributed by atoms with Gasteiger partial charge in [-0.1, -0.05) is 24.3 Å². The lowest BCUT2D eigenvalue weighted by molar-refractivity contribution is -0.140. The van der Waals surface area contributed by atoms with Crippen molar-refractivity contribution in [2.75, 3.05) is 13.1 Å². The third-order valence-corrected chi connectivity index (χ3v) is 5.21. The van der Waals surface area contributed by atoms with Crippen molar-refractivity contribution in [2.45, 2.75) is 32.7 Å². The van der Waals surface area contributed by atoms with E-state index >= 15 is 0 Å². The minimum Gasteiger partial charge on any atom is -0.351 e. The SMILES string of the molecule is C[C@@]1(C(=O)NCc2cccc(F)c2)CCCN(C(=O)Cc2ccc(F)cc2)C1. The molecule has 3 rings (SSSR count). The molecule has 0 saturated carbocycles. The van der Waals surface area contributed by atoms with Crippen molar-refractivity contribution in [1.29, 1.82) is 0 Å². The third kappa shape index (κ3) is 4.94. The Morgan fingerprint density at radius 2 is 1.82 bits per heavy atom. The van der Waals surface area contributed by atoms with Crippen LogP contribution in [0.4, 0.5) is 8.78 Å². The second-order valence-corrected chi connectivity index (χ2v) is 7.60. The monoisotopic (exact) mass is 386 g/mol. The molecular weight excluding hydrogens is 362 g/mol. The van der Waals surface area contributed by atoms with Crippen LogP contribution >= 0.6 is 0 Å². The average Bonchev–Trinajstić information content (AvgIpc) is 2.68. The molecule has 2 aromatic carbocycles. The van der Waals surface area contributed by atoms with Gasteiger partial charge in [-0.3, -0.25) is 9.59 Å². The maximum atomic E-state index is 13.3. The zero-order chi connectivity index (χ0) is 20.1. The van der Waals surface area contributed by atoms with E-state index in [0.29, 0.717) is 25.1 Å². The summed E-state index contributed by atoms with van der Waals surface area (Å²) in [5, 5.41) is 2.87. The first-order chi connectivity index (χ1) is 13.4. The number of benzene rings is 2. The van der Waals surface area contributed by atoms with Crippen molar-refractivity contribution in [3.8, 4) is 0 Å². The molecule has 28 heavy (non-hydrogen) atoms. The van der Waals surface area contributed by atoms with Crippen LogP contribution < -0.4 is 5.32 Å². The number of amides is 2. The minimum absolute atomic E-state index is 0.0736. The Labute approximate surface area is 163 Å². The first-order valence-corrected chi connectivity index (χ1v) is 9.41. The Morgan fingerprint density at radius 3 is 2.54 bits per heavy atom. The number of rotatable bonds is 5. The van der Waals surface area contributed by atoms with Gasteiger partial charge in [0.05, 0.1) is 11.8 Å².